The number of likely N-dealkylation sites (tertiary alicyclic amines) is 1. The minimum absolute atomic E-state index is 0.0398. The van der Waals surface area contributed by atoms with Crippen LogP contribution in [0.25, 0.3) is 0 Å². The second-order valence-electron chi connectivity index (χ2n) is 6.91. The Hall–Kier alpha value is -3.42. The Labute approximate surface area is 160 Å². The number of non-ortho nitro benzene ring substituents is 1. The van der Waals surface area contributed by atoms with E-state index in [2.05, 4.69) is 0 Å². The average Bonchev–Trinajstić information content (AvgIpc) is 2.70. The van der Waals surface area contributed by atoms with E-state index in [0.717, 1.165) is 5.56 Å². The van der Waals surface area contributed by atoms with Gasteiger partial charge >= 0.3 is 12.1 Å². The molecule has 8 heteroatoms. The summed E-state index contributed by atoms with van der Waals surface area (Å²) < 4.78 is 10.8. The zero-order valence-electron chi connectivity index (χ0n) is 14.9. The number of esters is 1. The van der Waals surface area contributed by atoms with E-state index in [1.54, 1.807) is 4.90 Å². The molecule has 0 N–H and O–H groups in total. The number of benzene rings is 2. The van der Waals surface area contributed by atoms with Crippen molar-refractivity contribution in [1.82, 2.24) is 4.90 Å². The Bertz CT molecular complexity index is 899. The molecule has 1 saturated carbocycles. The largest absolute Gasteiger partial charge is 0.458 e. The molecule has 0 bridgehead atoms. The quantitative estimate of drug-likeness (QED) is 0.447. The molecule has 0 spiro atoms. The Morgan fingerprint density at radius 2 is 1.82 bits per heavy atom. The summed E-state index contributed by atoms with van der Waals surface area (Å²) in [5.41, 5.74) is 1.12. The predicted molar refractivity (Wildman–Crippen MR) is 97.5 cm³/mol. The average molecular weight is 382 g/mol. The minimum Gasteiger partial charge on any atom is -0.458 e. The molecule has 1 amide bonds. The number of rotatable bonds is 5. The van der Waals surface area contributed by atoms with Crippen molar-refractivity contribution in [3.63, 3.8) is 0 Å². The standard InChI is InChI=1S/C20H18N2O6/c23-19(14-6-8-15(9-7-14)22(25)26)28-18-10-17-16(18)11-21(17)20(24)27-12-13-4-2-1-3-5-13/h1-9,16-18H,10-12H2. The monoisotopic (exact) mass is 382 g/mol. The van der Waals surface area contributed by atoms with E-state index in [-0.39, 0.29) is 42.0 Å². The molecule has 1 saturated heterocycles. The van der Waals surface area contributed by atoms with Gasteiger partial charge in [0.05, 0.1) is 10.5 Å². The Kier molecular flexibility index (Phi) is 4.68. The number of piperidine rings is 1. The lowest BCUT2D eigenvalue weighted by atomic mass is 9.68. The Morgan fingerprint density at radius 3 is 2.43 bits per heavy atom. The van der Waals surface area contributed by atoms with Gasteiger partial charge in [-0.3, -0.25) is 10.1 Å². The highest BCUT2D eigenvalue weighted by molar-refractivity contribution is 5.89. The molecule has 2 fully saturated rings. The predicted octanol–water partition coefficient (Wildman–Crippen LogP) is 3.16. The molecule has 144 valence electrons. The van der Waals surface area contributed by atoms with Crippen LogP contribution in [0.4, 0.5) is 10.5 Å². The van der Waals surface area contributed by atoms with E-state index in [9.17, 15) is 19.7 Å². The Morgan fingerprint density at radius 1 is 1.11 bits per heavy atom. The van der Waals surface area contributed by atoms with Gasteiger partial charge in [-0.15, -0.1) is 0 Å². The molecule has 0 radical (unpaired) electrons. The molecule has 8 nitrogen and oxygen atoms in total. The van der Waals surface area contributed by atoms with Gasteiger partial charge in [0.25, 0.3) is 5.69 Å². The summed E-state index contributed by atoms with van der Waals surface area (Å²) >= 11 is 0. The van der Waals surface area contributed by atoms with Gasteiger partial charge in [0.2, 0.25) is 0 Å². The van der Waals surface area contributed by atoms with Crippen LogP contribution in [0.1, 0.15) is 22.3 Å². The summed E-state index contributed by atoms with van der Waals surface area (Å²) in [6, 6.07) is 14.8. The van der Waals surface area contributed by atoms with Gasteiger partial charge in [-0.1, -0.05) is 30.3 Å². The molecule has 4 rings (SSSR count). The van der Waals surface area contributed by atoms with Gasteiger partial charge in [-0.2, -0.15) is 0 Å². The number of nitro benzene ring substituents is 1. The van der Waals surface area contributed by atoms with Crippen molar-refractivity contribution in [3.8, 4) is 0 Å². The first-order chi connectivity index (χ1) is 13.5. The normalized spacial score (nSPS) is 22.3. The molecule has 2 aromatic carbocycles. The van der Waals surface area contributed by atoms with Crippen molar-refractivity contribution >= 4 is 17.7 Å². The summed E-state index contributed by atoms with van der Waals surface area (Å²) in [7, 11) is 0. The lowest BCUT2D eigenvalue weighted by Crippen LogP contribution is -2.71. The number of nitro groups is 1. The van der Waals surface area contributed by atoms with Crippen molar-refractivity contribution in [2.45, 2.75) is 25.2 Å². The number of amides is 1. The molecule has 1 aliphatic carbocycles. The van der Waals surface area contributed by atoms with Crippen molar-refractivity contribution in [3.05, 3.63) is 75.8 Å². The Balaban J connectivity index is 1.24. The number of hydrogen-bond donors (Lipinski definition) is 0. The third-order valence-corrected chi connectivity index (χ3v) is 5.27. The lowest BCUT2D eigenvalue weighted by Gasteiger charge is -2.58. The third kappa shape index (κ3) is 3.40. The van der Waals surface area contributed by atoms with Crippen LogP contribution in [0.5, 0.6) is 0 Å². The zero-order valence-corrected chi connectivity index (χ0v) is 14.9. The molecule has 1 heterocycles. The van der Waals surface area contributed by atoms with Crippen LogP contribution in [0.2, 0.25) is 0 Å². The van der Waals surface area contributed by atoms with Crippen molar-refractivity contribution < 1.29 is 24.0 Å². The number of ether oxygens (including phenoxy) is 2. The van der Waals surface area contributed by atoms with Crippen LogP contribution in [0.15, 0.2) is 54.6 Å². The summed E-state index contributed by atoms with van der Waals surface area (Å²) in [4.78, 5) is 36.1. The molecular formula is C20H18N2O6. The highest BCUT2D eigenvalue weighted by Crippen LogP contribution is 2.44. The molecular weight excluding hydrogens is 364 g/mol. The first kappa shape index (κ1) is 18.0. The molecule has 3 unspecified atom stereocenters. The number of carbonyl (C=O) groups is 2. The van der Waals surface area contributed by atoms with Crippen LogP contribution < -0.4 is 0 Å². The first-order valence-corrected chi connectivity index (χ1v) is 8.95. The van der Waals surface area contributed by atoms with E-state index in [4.69, 9.17) is 9.47 Å². The fourth-order valence-corrected chi connectivity index (χ4v) is 3.53. The van der Waals surface area contributed by atoms with Crippen molar-refractivity contribution in [2.24, 2.45) is 5.92 Å². The van der Waals surface area contributed by atoms with Gasteiger partial charge in [0.15, 0.2) is 0 Å². The van der Waals surface area contributed by atoms with Crippen molar-refractivity contribution in [2.75, 3.05) is 6.54 Å². The second-order valence-corrected chi connectivity index (χ2v) is 6.91. The van der Waals surface area contributed by atoms with Crippen LogP contribution in [-0.2, 0) is 16.1 Å². The van der Waals surface area contributed by atoms with Gasteiger partial charge < -0.3 is 14.4 Å². The number of hydrogen-bond acceptors (Lipinski definition) is 6. The summed E-state index contributed by atoms with van der Waals surface area (Å²) in [5.74, 6) is -0.394. The number of nitrogens with zero attached hydrogens (tertiary/aromatic N) is 2. The highest BCUT2D eigenvalue weighted by Gasteiger charge is 2.57. The first-order valence-electron chi connectivity index (χ1n) is 8.95. The highest BCUT2D eigenvalue weighted by atomic mass is 16.6. The fourth-order valence-electron chi connectivity index (χ4n) is 3.53. The van der Waals surface area contributed by atoms with E-state index < -0.39 is 10.9 Å². The fraction of sp³-hybridized carbons (Fsp3) is 0.300. The molecule has 1 aliphatic heterocycles. The van der Waals surface area contributed by atoms with E-state index in [1.165, 1.54) is 24.3 Å². The van der Waals surface area contributed by atoms with E-state index in [0.29, 0.717) is 13.0 Å². The SMILES string of the molecule is O=C(OC1CC2C1CN2C(=O)OCc1ccccc1)c1ccc([N+](=O)[O-])cc1. The lowest BCUT2D eigenvalue weighted by molar-refractivity contribution is -0.384. The van der Waals surface area contributed by atoms with E-state index >= 15 is 0 Å². The van der Waals surface area contributed by atoms with Crippen LogP contribution >= 0.6 is 0 Å². The van der Waals surface area contributed by atoms with Crippen LogP contribution in [0, 0.1) is 16.0 Å². The molecule has 0 aromatic heterocycles. The summed E-state index contributed by atoms with van der Waals surface area (Å²) in [5, 5.41) is 10.7. The smallest absolute Gasteiger partial charge is 0.410 e. The molecule has 2 aliphatic rings. The van der Waals surface area contributed by atoms with Gasteiger partial charge in [0.1, 0.15) is 12.7 Å². The number of fused-ring (bicyclic) bond motifs is 1. The third-order valence-electron chi connectivity index (χ3n) is 5.27. The minimum atomic E-state index is -0.522. The van der Waals surface area contributed by atoms with Gasteiger partial charge in [-0.05, 0) is 17.7 Å². The van der Waals surface area contributed by atoms with Gasteiger partial charge in [-0.25, -0.2) is 9.59 Å². The topological polar surface area (TPSA) is 99.0 Å². The maximum atomic E-state index is 12.2. The van der Waals surface area contributed by atoms with Crippen LogP contribution in [0.3, 0.4) is 0 Å². The summed E-state index contributed by atoms with van der Waals surface area (Å²) in [6.45, 7) is 0.725. The zero-order chi connectivity index (χ0) is 19.7. The second kappa shape index (κ2) is 7.30. The van der Waals surface area contributed by atoms with Crippen LogP contribution in [-0.4, -0.2) is 40.6 Å². The van der Waals surface area contributed by atoms with Gasteiger partial charge in [0, 0.05) is 37.1 Å². The number of carbonyl (C=O) groups excluding carboxylic acids is 2. The maximum absolute atomic E-state index is 12.2. The maximum Gasteiger partial charge on any atom is 0.410 e. The summed E-state index contributed by atoms with van der Waals surface area (Å²) in [6.07, 6.45) is -0.0276. The molecule has 3 atom stereocenters. The van der Waals surface area contributed by atoms with E-state index in [1.807, 2.05) is 30.3 Å². The molecule has 2 aromatic rings. The van der Waals surface area contributed by atoms with Crippen molar-refractivity contribution in [1.29, 1.82) is 0 Å². The molecule has 28 heavy (non-hydrogen) atoms.